The second kappa shape index (κ2) is 6.45. The van der Waals surface area contributed by atoms with Crippen LogP contribution in [0.2, 0.25) is 10.0 Å². The Labute approximate surface area is 156 Å². The highest BCUT2D eigenvalue weighted by atomic mass is 35.5. The highest BCUT2D eigenvalue weighted by Gasteiger charge is 2.28. The van der Waals surface area contributed by atoms with Crippen LogP contribution in [0, 0.1) is 0 Å². The number of fused-ring (bicyclic) bond motifs is 3. The Morgan fingerprint density at radius 2 is 1.92 bits per heavy atom. The summed E-state index contributed by atoms with van der Waals surface area (Å²) in [5.41, 5.74) is 4.42. The maximum absolute atomic E-state index is 6.34. The summed E-state index contributed by atoms with van der Waals surface area (Å²) in [6.07, 6.45) is 0.940. The SMILES string of the molecule is COc1ccc2[nH]c3c(c2c1)CCNC3c1cc(Cl)cc(Cl)c1OC. The third kappa shape index (κ3) is 2.74. The van der Waals surface area contributed by atoms with Crippen molar-refractivity contribution < 1.29 is 9.47 Å². The van der Waals surface area contributed by atoms with Gasteiger partial charge < -0.3 is 19.8 Å². The van der Waals surface area contributed by atoms with Crippen LogP contribution in [0.1, 0.15) is 22.9 Å². The number of rotatable bonds is 3. The van der Waals surface area contributed by atoms with Gasteiger partial charge in [0.2, 0.25) is 0 Å². The third-order valence-electron chi connectivity index (χ3n) is 4.71. The van der Waals surface area contributed by atoms with E-state index in [2.05, 4.69) is 16.4 Å². The van der Waals surface area contributed by atoms with Gasteiger partial charge in [0, 0.05) is 33.7 Å². The van der Waals surface area contributed by atoms with E-state index in [0.29, 0.717) is 15.8 Å². The Kier molecular flexibility index (Phi) is 4.28. The van der Waals surface area contributed by atoms with E-state index in [9.17, 15) is 0 Å². The fourth-order valence-electron chi connectivity index (χ4n) is 3.61. The lowest BCUT2D eigenvalue weighted by Gasteiger charge is -2.26. The first-order valence-corrected chi connectivity index (χ1v) is 8.82. The van der Waals surface area contributed by atoms with E-state index in [0.717, 1.165) is 35.5 Å². The first-order chi connectivity index (χ1) is 12.1. The molecule has 4 rings (SSSR count). The van der Waals surface area contributed by atoms with Crippen molar-refractivity contribution >= 4 is 34.1 Å². The molecule has 2 aromatic carbocycles. The van der Waals surface area contributed by atoms with Crippen LogP contribution < -0.4 is 14.8 Å². The number of halogens is 2. The summed E-state index contributed by atoms with van der Waals surface area (Å²) >= 11 is 12.6. The molecule has 0 amide bonds. The van der Waals surface area contributed by atoms with Gasteiger partial charge in [-0.25, -0.2) is 0 Å². The van der Waals surface area contributed by atoms with Gasteiger partial charge in [0.05, 0.1) is 25.3 Å². The lowest BCUT2D eigenvalue weighted by molar-refractivity contribution is 0.402. The van der Waals surface area contributed by atoms with Crippen molar-refractivity contribution in [1.29, 1.82) is 0 Å². The molecule has 0 fully saturated rings. The van der Waals surface area contributed by atoms with E-state index < -0.39 is 0 Å². The zero-order chi connectivity index (χ0) is 17.6. The Bertz CT molecular complexity index is 952. The molecule has 0 aliphatic carbocycles. The molecule has 0 spiro atoms. The molecule has 25 heavy (non-hydrogen) atoms. The van der Waals surface area contributed by atoms with E-state index in [1.54, 1.807) is 20.3 Å². The Morgan fingerprint density at radius 3 is 2.68 bits per heavy atom. The molecule has 4 nitrogen and oxygen atoms in total. The average Bonchev–Trinajstić information content (AvgIpc) is 2.98. The third-order valence-corrected chi connectivity index (χ3v) is 5.21. The molecule has 130 valence electrons. The van der Waals surface area contributed by atoms with Crippen molar-refractivity contribution in [3.8, 4) is 11.5 Å². The summed E-state index contributed by atoms with van der Waals surface area (Å²) in [5.74, 6) is 1.50. The molecular weight excluding hydrogens is 359 g/mol. The van der Waals surface area contributed by atoms with Crippen molar-refractivity contribution in [3.63, 3.8) is 0 Å². The van der Waals surface area contributed by atoms with Crippen LogP contribution in [-0.4, -0.2) is 25.7 Å². The smallest absolute Gasteiger partial charge is 0.142 e. The van der Waals surface area contributed by atoms with E-state index in [-0.39, 0.29) is 6.04 Å². The molecule has 1 aliphatic heterocycles. The average molecular weight is 377 g/mol. The normalized spacial score (nSPS) is 16.7. The van der Waals surface area contributed by atoms with Crippen LogP contribution in [0.4, 0.5) is 0 Å². The van der Waals surface area contributed by atoms with E-state index in [1.807, 2.05) is 18.2 Å². The quantitative estimate of drug-likeness (QED) is 0.694. The fraction of sp³-hybridized carbons (Fsp3) is 0.263. The van der Waals surface area contributed by atoms with Crippen LogP contribution in [-0.2, 0) is 6.42 Å². The number of nitrogens with one attached hydrogen (secondary N) is 2. The minimum atomic E-state index is -0.0618. The topological polar surface area (TPSA) is 46.3 Å². The van der Waals surface area contributed by atoms with Gasteiger partial charge >= 0.3 is 0 Å². The second-order valence-electron chi connectivity index (χ2n) is 6.08. The van der Waals surface area contributed by atoms with Crippen molar-refractivity contribution in [1.82, 2.24) is 10.3 Å². The van der Waals surface area contributed by atoms with Gasteiger partial charge in [0.25, 0.3) is 0 Å². The standard InChI is InChI=1S/C19H18Cl2N2O2/c1-24-11-3-4-16-13(9-11)12-5-6-22-17(18(12)23-16)14-7-10(20)8-15(21)19(14)25-2/h3-4,7-9,17,22-23H,5-6H2,1-2H3. The van der Waals surface area contributed by atoms with Gasteiger partial charge in [-0.3, -0.25) is 0 Å². The van der Waals surface area contributed by atoms with Crippen molar-refractivity contribution in [2.24, 2.45) is 0 Å². The molecule has 2 heterocycles. The molecule has 0 radical (unpaired) electrons. The number of H-pyrrole nitrogens is 1. The van der Waals surface area contributed by atoms with E-state index in [1.165, 1.54) is 10.9 Å². The molecular formula is C19H18Cl2N2O2. The van der Waals surface area contributed by atoms with Gasteiger partial charge in [-0.1, -0.05) is 23.2 Å². The number of methoxy groups -OCH3 is 2. The summed E-state index contributed by atoms with van der Waals surface area (Å²) in [6.45, 7) is 0.856. The molecule has 1 atom stereocenters. The van der Waals surface area contributed by atoms with Gasteiger partial charge in [-0.2, -0.15) is 0 Å². The summed E-state index contributed by atoms with van der Waals surface area (Å²) in [7, 11) is 3.31. The summed E-state index contributed by atoms with van der Waals surface area (Å²) in [6, 6.07) is 9.63. The van der Waals surface area contributed by atoms with Crippen LogP contribution in [0.3, 0.4) is 0 Å². The van der Waals surface area contributed by atoms with E-state index >= 15 is 0 Å². The molecule has 6 heteroatoms. The van der Waals surface area contributed by atoms with Gasteiger partial charge in [-0.05, 0) is 42.3 Å². The molecule has 0 bridgehead atoms. The molecule has 1 unspecified atom stereocenters. The molecule has 0 saturated carbocycles. The van der Waals surface area contributed by atoms with Crippen LogP contribution in [0.25, 0.3) is 10.9 Å². The van der Waals surface area contributed by atoms with Gasteiger partial charge in [0.15, 0.2) is 0 Å². The summed E-state index contributed by atoms with van der Waals surface area (Å²) < 4.78 is 10.9. The highest BCUT2D eigenvalue weighted by Crippen LogP contribution is 2.41. The Hall–Kier alpha value is -1.88. The van der Waals surface area contributed by atoms with Crippen molar-refractivity contribution in [3.05, 3.63) is 57.2 Å². The predicted molar refractivity (Wildman–Crippen MR) is 101 cm³/mol. The largest absolute Gasteiger partial charge is 0.497 e. The Balaban J connectivity index is 1.91. The highest BCUT2D eigenvalue weighted by molar-refractivity contribution is 6.35. The van der Waals surface area contributed by atoms with Crippen LogP contribution in [0.15, 0.2) is 30.3 Å². The number of hydrogen-bond donors (Lipinski definition) is 2. The number of benzene rings is 2. The zero-order valence-corrected chi connectivity index (χ0v) is 15.5. The van der Waals surface area contributed by atoms with E-state index in [4.69, 9.17) is 32.7 Å². The van der Waals surface area contributed by atoms with Crippen LogP contribution >= 0.6 is 23.2 Å². The minimum Gasteiger partial charge on any atom is -0.497 e. The maximum Gasteiger partial charge on any atom is 0.142 e. The number of ether oxygens (including phenoxy) is 2. The summed E-state index contributed by atoms with van der Waals surface area (Å²) in [4.78, 5) is 3.55. The van der Waals surface area contributed by atoms with Crippen molar-refractivity contribution in [2.75, 3.05) is 20.8 Å². The number of aromatic amines is 1. The van der Waals surface area contributed by atoms with Gasteiger partial charge in [-0.15, -0.1) is 0 Å². The zero-order valence-electron chi connectivity index (χ0n) is 14.0. The minimum absolute atomic E-state index is 0.0618. The fourth-order valence-corrected chi connectivity index (χ4v) is 4.20. The first kappa shape index (κ1) is 16.6. The monoisotopic (exact) mass is 376 g/mol. The molecule has 3 aromatic rings. The lowest BCUT2D eigenvalue weighted by atomic mass is 9.93. The summed E-state index contributed by atoms with van der Waals surface area (Å²) in [5, 5.41) is 5.84. The first-order valence-electron chi connectivity index (χ1n) is 8.07. The number of hydrogen-bond acceptors (Lipinski definition) is 3. The second-order valence-corrected chi connectivity index (χ2v) is 6.92. The van der Waals surface area contributed by atoms with Crippen LogP contribution in [0.5, 0.6) is 11.5 Å². The van der Waals surface area contributed by atoms with Gasteiger partial charge in [0.1, 0.15) is 11.5 Å². The Morgan fingerprint density at radius 1 is 1.08 bits per heavy atom. The molecule has 2 N–H and O–H groups in total. The van der Waals surface area contributed by atoms with Crippen molar-refractivity contribution in [2.45, 2.75) is 12.5 Å². The predicted octanol–water partition coefficient (Wildman–Crippen LogP) is 4.73. The number of aromatic nitrogens is 1. The lowest BCUT2D eigenvalue weighted by Crippen LogP contribution is -2.30. The molecule has 1 aromatic heterocycles. The molecule has 1 aliphatic rings. The maximum atomic E-state index is 6.34. The molecule has 0 saturated heterocycles.